The summed E-state index contributed by atoms with van der Waals surface area (Å²) in [6, 6.07) is 7.59. The molecule has 0 saturated heterocycles. The quantitative estimate of drug-likeness (QED) is 0.908. The molecule has 0 amide bonds. The van der Waals surface area contributed by atoms with Crippen LogP contribution in [0.1, 0.15) is 58.3 Å². The number of benzene rings is 1. The summed E-state index contributed by atoms with van der Waals surface area (Å²) in [5.74, 6) is 0. The SMILES string of the molecule is CCC(C)(C)c1ccc(C(O)C(C)(C)S(C)(=O)=O)cc1. The second-order valence-electron chi connectivity index (χ2n) is 6.64. The van der Waals surface area contributed by atoms with Crippen molar-refractivity contribution in [3.05, 3.63) is 35.4 Å². The van der Waals surface area contributed by atoms with Gasteiger partial charge in [-0.15, -0.1) is 0 Å². The zero-order valence-corrected chi connectivity index (χ0v) is 14.1. The van der Waals surface area contributed by atoms with Crippen LogP contribution in [-0.4, -0.2) is 24.5 Å². The minimum absolute atomic E-state index is 0.0792. The molecule has 0 aromatic heterocycles. The first-order valence-electron chi connectivity index (χ1n) is 6.91. The standard InChI is InChI=1S/C16H26O3S/c1-7-15(2,3)13-10-8-12(9-11-13)14(17)16(4,5)20(6,18)19/h8-11,14,17H,7H2,1-6H3. The molecule has 1 atom stereocenters. The number of hydrogen-bond acceptors (Lipinski definition) is 3. The lowest BCUT2D eigenvalue weighted by molar-refractivity contribution is 0.139. The van der Waals surface area contributed by atoms with Crippen LogP contribution in [0.4, 0.5) is 0 Å². The van der Waals surface area contributed by atoms with Crippen LogP contribution in [0.5, 0.6) is 0 Å². The lowest BCUT2D eigenvalue weighted by Gasteiger charge is -2.29. The van der Waals surface area contributed by atoms with E-state index in [0.717, 1.165) is 12.7 Å². The summed E-state index contributed by atoms with van der Waals surface area (Å²) in [6.45, 7) is 9.57. The monoisotopic (exact) mass is 298 g/mol. The van der Waals surface area contributed by atoms with Gasteiger partial charge in [0.15, 0.2) is 9.84 Å². The maximum absolute atomic E-state index is 11.8. The summed E-state index contributed by atoms with van der Waals surface area (Å²) in [5, 5.41) is 10.4. The van der Waals surface area contributed by atoms with Crippen molar-refractivity contribution in [2.45, 2.75) is 57.3 Å². The van der Waals surface area contributed by atoms with Crippen LogP contribution in [0.3, 0.4) is 0 Å². The van der Waals surface area contributed by atoms with E-state index in [1.807, 2.05) is 24.3 Å². The molecule has 4 heteroatoms. The minimum atomic E-state index is -3.34. The van der Waals surface area contributed by atoms with Crippen molar-refractivity contribution in [1.82, 2.24) is 0 Å². The Bertz CT molecular complexity index is 554. The van der Waals surface area contributed by atoms with E-state index in [4.69, 9.17) is 0 Å². The molecule has 1 rings (SSSR count). The van der Waals surface area contributed by atoms with Crippen LogP contribution in [0.2, 0.25) is 0 Å². The van der Waals surface area contributed by atoms with Crippen LogP contribution >= 0.6 is 0 Å². The first kappa shape index (κ1) is 17.2. The maximum Gasteiger partial charge on any atom is 0.155 e. The largest absolute Gasteiger partial charge is 0.387 e. The van der Waals surface area contributed by atoms with Gasteiger partial charge in [-0.25, -0.2) is 8.42 Å². The Kier molecular flexibility index (Phi) is 4.72. The molecule has 1 aromatic carbocycles. The van der Waals surface area contributed by atoms with Gasteiger partial charge >= 0.3 is 0 Å². The zero-order chi connectivity index (χ0) is 15.8. The molecule has 114 valence electrons. The van der Waals surface area contributed by atoms with Gasteiger partial charge in [0.25, 0.3) is 0 Å². The van der Waals surface area contributed by atoms with Crippen molar-refractivity contribution in [3.63, 3.8) is 0 Å². The molecular weight excluding hydrogens is 272 g/mol. The highest BCUT2D eigenvalue weighted by atomic mass is 32.2. The molecule has 1 N–H and O–H groups in total. The van der Waals surface area contributed by atoms with E-state index in [2.05, 4.69) is 20.8 Å². The Morgan fingerprint density at radius 3 is 1.90 bits per heavy atom. The van der Waals surface area contributed by atoms with Crippen molar-refractivity contribution in [2.24, 2.45) is 0 Å². The van der Waals surface area contributed by atoms with E-state index in [9.17, 15) is 13.5 Å². The molecule has 0 saturated carbocycles. The molecule has 0 spiro atoms. The molecule has 0 radical (unpaired) electrons. The molecule has 0 aliphatic heterocycles. The Labute approximate surface area is 123 Å². The first-order valence-corrected chi connectivity index (χ1v) is 8.80. The predicted molar refractivity (Wildman–Crippen MR) is 83.6 cm³/mol. The van der Waals surface area contributed by atoms with Gasteiger partial charge in [0.1, 0.15) is 0 Å². The molecule has 3 nitrogen and oxygen atoms in total. The predicted octanol–water partition coefficient (Wildman–Crippen LogP) is 3.23. The first-order chi connectivity index (χ1) is 8.93. The average Bonchev–Trinajstić information content (AvgIpc) is 2.36. The van der Waals surface area contributed by atoms with Crippen LogP contribution in [0, 0.1) is 0 Å². The smallest absolute Gasteiger partial charge is 0.155 e. The topological polar surface area (TPSA) is 54.4 Å². The summed E-state index contributed by atoms with van der Waals surface area (Å²) >= 11 is 0. The van der Waals surface area contributed by atoms with E-state index in [-0.39, 0.29) is 5.41 Å². The van der Waals surface area contributed by atoms with E-state index in [1.165, 1.54) is 5.56 Å². The lowest BCUT2D eigenvalue weighted by atomic mass is 9.81. The zero-order valence-electron chi connectivity index (χ0n) is 13.3. The summed E-state index contributed by atoms with van der Waals surface area (Å²) in [4.78, 5) is 0. The molecule has 1 aromatic rings. The molecule has 1 unspecified atom stereocenters. The fourth-order valence-corrected chi connectivity index (χ4v) is 2.47. The van der Waals surface area contributed by atoms with Crippen molar-refractivity contribution in [1.29, 1.82) is 0 Å². The molecule has 0 fully saturated rings. The highest BCUT2D eigenvalue weighted by Crippen LogP contribution is 2.33. The second kappa shape index (κ2) is 5.49. The Morgan fingerprint density at radius 2 is 1.55 bits per heavy atom. The summed E-state index contributed by atoms with van der Waals surface area (Å²) in [6.07, 6.45) is 1.14. The second-order valence-corrected chi connectivity index (χ2v) is 9.23. The molecule has 0 bridgehead atoms. The highest BCUT2D eigenvalue weighted by molar-refractivity contribution is 7.92. The highest BCUT2D eigenvalue weighted by Gasteiger charge is 2.39. The summed E-state index contributed by atoms with van der Waals surface area (Å²) < 4.78 is 22.4. The van der Waals surface area contributed by atoms with Crippen LogP contribution in [-0.2, 0) is 15.3 Å². The lowest BCUT2D eigenvalue weighted by Crippen LogP contribution is -2.37. The Morgan fingerprint density at radius 1 is 1.10 bits per heavy atom. The van der Waals surface area contributed by atoms with Gasteiger partial charge in [-0.05, 0) is 36.8 Å². The fourth-order valence-electron chi connectivity index (χ4n) is 1.92. The van der Waals surface area contributed by atoms with E-state index < -0.39 is 20.7 Å². The van der Waals surface area contributed by atoms with E-state index >= 15 is 0 Å². The van der Waals surface area contributed by atoms with Gasteiger partial charge in [0.05, 0.1) is 10.9 Å². The Balaban J connectivity index is 3.12. The fraction of sp³-hybridized carbons (Fsp3) is 0.625. The summed E-state index contributed by atoms with van der Waals surface area (Å²) in [7, 11) is -3.34. The normalized spacial score (nSPS) is 15.2. The number of aliphatic hydroxyl groups excluding tert-OH is 1. The van der Waals surface area contributed by atoms with Crippen molar-refractivity contribution < 1.29 is 13.5 Å². The van der Waals surface area contributed by atoms with Gasteiger partial charge in [-0.2, -0.15) is 0 Å². The van der Waals surface area contributed by atoms with Gasteiger partial charge < -0.3 is 5.11 Å². The third kappa shape index (κ3) is 3.23. The van der Waals surface area contributed by atoms with Gasteiger partial charge in [-0.1, -0.05) is 45.0 Å². The molecule has 0 aliphatic carbocycles. The number of aliphatic hydroxyl groups is 1. The van der Waals surface area contributed by atoms with E-state index in [0.29, 0.717) is 5.56 Å². The van der Waals surface area contributed by atoms with Crippen LogP contribution < -0.4 is 0 Å². The molecular formula is C16H26O3S. The third-order valence-corrected chi connectivity index (χ3v) is 6.64. The van der Waals surface area contributed by atoms with Gasteiger partial charge in [0.2, 0.25) is 0 Å². The minimum Gasteiger partial charge on any atom is -0.387 e. The van der Waals surface area contributed by atoms with Gasteiger partial charge in [-0.3, -0.25) is 0 Å². The van der Waals surface area contributed by atoms with Crippen LogP contribution in [0.15, 0.2) is 24.3 Å². The number of hydrogen-bond donors (Lipinski definition) is 1. The number of rotatable bonds is 5. The Hall–Kier alpha value is -0.870. The van der Waals surface area contributed by atoms with Crippen molar-refractivity contribution in [3.8, 4) is 0 Å². The average molecular weight is 298 g/mol. The van der Waals surface area contributed by atoms with Crippen molar-refractivity contribution in [2.75, 3.05) is 6.26 Å². The summed E-state index contributed by atoms with van der Waals surface area (Å²) in [5.41, 5.74) is 1.90. The molecule has 0 aliphatic rings. The van der Waals surface area contributed by atoms with Crippen molar-refractivity contribution >= 4 is 9.84 Å². The number of sulfone groups is 1. The van der Waals surface area contributed by atoms with Gasteiger partial charge in [0, 0.05) is 6.26 Å². The maximum atomic E-state index is 11.8. The van der Waals surface area contributed by atoms with Crippen LogP contribution in [0.25, 0.3) is 0 Å². The molecule has 0 heterocycles. The third-order valence-electron chi connectivity index (χ3n) is 4.51. The van der Waals surface area contributed by atoms with E-state index in [1.54, 1.807) is 13.8 Å². The molecule has 20 heavy (non-hydrogen) atoms.